The van der Waals surface area contributed by atoms with E-state index in [0.29, 0.717) is 12.8 Å². The van der Waals surface area contributed by atoms with Crippen LogP contribution in [0.4, 0.5) is 0 Å². The van der Waals surface area contributed by atoms with Gasteiger partial charge in [-0.25, -0.2) is 4.18 Å². The fourth-order valence-corrected chi connectivity index (χ4v) is 2.35. The van der Waals surface area contributed by atoms with E-state index in [0.717, 1.165) is 25.5 Å². The Morgan fingerprint density at radius 3 is 2.59 bits per heavy atom. The van der Waals surface area contributed by atoms with Gasteiger partial charge in [0.25, 0.3) is 10.1 Å². The molecule has 7 heteroatoms. The number of carbonyl (C=O) groups is 1. The van der Waals surface area contributed by atoms with Crippen LogP contribution in [-0.4, -0.2) is 38.1 Å². The zero-order valence-corrected chi connectivity index (χ0v) is 10.6. The number of carboxylic acids is 1. The highest BCUT2D eigenvalue weighted by Crippen LogP contribution is 2.21. The van der Waals surface area contributed by atoms with Gasteiger partial charge in [-0.3, -0.25) is 4.79 Å². The lowest BCUT2D eigenvalue weighted by molar-refractivity contribution is -0.152. The van der Waals surface area contributed by atoms with Crippen molar-refractivity contribution in [1.29, 1.82) is 0 Å². The summed E-state index contributed by atoms with van der Waals surface area (Å²) < 4.78 is 32.2. The lowest BCUT2D eigenvalue weighted by Gasteiger charge is -2.25. The summed E-state index contributed by atoms with van der Waals surface area (Å²) in [5, 5.41) is 8.71. The predicted octanol–water partition coefficient (Wildman–Crippen LogP) is 1.11. The van der Waals surface area contributed by atoms with Crippen molar-refractivity contribution in [2.45, 2.75) is 50.9 Å². The van der Waals surface area contributed by atoms with Crippen LogP contribution < -0.4 is 0 Å². The zero-order chi connectivity index (χ0) is 12.9. The molecule has 0 spiro atoms. The molecule has 1 aliphatic heterocycles. The first-order valence-corrected chi connectivity index (χ1v) is 7.44. The molecule has 1 N–H and O–H groups in total. The van der Waals surface area contributed by atoms with Crippen LogP contribution in [0.25, 0.3) is 0 Å². The second kappa shape index (κ2) is 6.32. The Labute approximate surface area is 101 Å². The van der Waals surface area contributed by atoms with Crippen LogP contribution in [0.2, 0.25) is 0 Å². The summed E-state index contributed by atoms with van der Waals surface area (Å²) >= 11 is 0. The molecule has 1 aliphatic rings. The zero-order valence-electron chi connectivity index (χ0n) is 9.79. The highest BCUT2D eigenvalue weighted by atomic mass is 32.2. The molecule has 1 rings (SSSR count). The quantitative estimate of drug-likeness (QED) is 0.767. The van der Waals surface area contributed by atoms with Crippen molar-refractivity contribution in [1.82, 2.24) is 0 Å². The largest absolute Gasteiger partial charge is 0.481 e. The molecule has 1 heterocycles. The van der Waals surface area contributed by atoms with Gasteiger partial charge < -0.3 is 9.84 Å². The summed E-state index contributed by atoms with van der Waals surface area (Å²) in [6.45, 7) is 0. The molecule has 0 aromatic rings. The Morgan fingerprint density at radius 1 is 1.35 bits per heavy atom. The molecule has 0 saturated carbocycles. The van der Waals surface area contributed by atoms with Crippen LogP contribution in [-0.2, 0) is 23.8 Å². The molecule has 100 valence electrons. The monoisotopic (exact) mass is 266 g/mol. The van der Waals surface area contributed by atoms with Gasteiger partial charge in [-0.2, -0.15) is 8.42 Å². The van der Waals surface area contributed by atoms with Crippen LogP contribution in [0, 0.1) is 0 Å². The highest BCUT2D eigenvalue weighted by molar-refractivity contribution is 7.86. The van der Waals surface area contributed by atoms with E-state index in [4.69, 9.17) is 14.0 Å². The number of hydrogen-bond acceptors (Lipinski definition) is 5. The second-order valence-corrected chi connectivity index (χ2v) is 5.82. The van der Waals surface area contributed by atoms with Gasteiger partial charge >= 0.3 is 5.97 Å². The molecular weight excluding hydrogens is 248 g/mol. The fraction of sp³-hybridized carbons (Fsp3) is 0.900. The molecule has 2 unspecified atom stereocenters. The smallest absolute Gasteiger partial charge is 0.305 e. The number of ether oxygens (including phenoxy) is 1. The first-order valence-electron chi connectivity index (χ1n) is 5.62. The number of rotatable bonds is 4. The van der Waals surface area contributed by atoms with E-state index in [1.165, 1.54) is 0 Å². The van der Waals surface area contributed by atoms with Gasteiger partial charge in [0, 0.05) is 0 Å². The molecule has 0 radical (unpaired) electrons. The summed E-state index contributed by atoms with van der Waals surface area (Å²) in [5.41, 5.74) is 0. The van der Waals surface area contributed by atoms with Crippen molar-refractivity contribution < 1.29 is 27.2 Å². The van der Waals surface area contributed by atoms with Gasteiger partial charge in [-0.1, -0.05) is 12.8 Å². The van der Waals surface area contributed by atoms with Crippen LogP contribution in [0.5, 0.6) is 0 Å². The topological polar surface area (TPSA) is 89.9 Å². The van der Waals surface area contributed by atoms with Crippen LogP contribution in [0.15, 0.2) is 0 Å². The summed E-state index contributed by atoms with van der Waals surface area (Å²) in [5.74, 6) is -0.950. The minimum atomic E-state index is -3.58. The minimum Gasteiger partial charge on any atom is -0.481 e. The third-order valence-electron chi connectivity index (χ3n) is 2.49. The molecule has 0 aromatic heterocycles. The van der Waals surface area contributed by atoms with Crippen LogP contribution >= 0.6 is 0 Å². The number of aliphatic carboxylic acids is 1. The van der Waals surface area contributed by atoms with Crippen LogP contribution in [0.3, 0.4) is 0 Å². The van der Waals surface area contributed by atoms with Gasteiger partial charge in [0.15, 0.2) is 6.29 Å². The predicted molar refractivity (Wildman–Crippen MR) is 59.9 cm³/mol. The summed E-state index contributed by atoms with van der Waals surface area (Å²) in [7, 11) is -3.58. The summed E-state index contributed by atoms with van der Waals surface area (Å²) in [6.07, 6.45) is 3.26. The van der Waals surface area contributed by atoms with E-state index < -0.39 is 28.5 Å². The highest BCUT2D eigenvalue weighted by Gasteiger charge is 2.24. The third-order valence-corrected chi connectivity index (χ3v) is 3.06. The lowest BCUT2D eigenvalue weighted by Crippen LogP contribution is -2.29. The van der Waals surface area contributed by atoms with E-state index in [-0.39, 0.29) is 6.42 Å². The average molecular weight is 266 g/mol. The molecule has 17 heavy (non-hydrogen) atoms. The van der Waals surface area contributed by atoms with Crippen molar-refractivity contribution in [2.75, 3.05) is 6.26 Å². The Balaban J connectivity index is 2.58. The first-order chi connectivity index (χ1) is 7.87. The second-order valence-electron chi connectivity index (χ2n) is 4.22. The SMILES string of the molecule is CS(=O)(=O)OC1CCCCCC(CC(=O)O)O1. The maximum Gasteiger partial charge on any atom is 0.305 e. The maximum atomic E-state index is 11.0. The molecule has 0 aliphatic carbocycles. The van der Waals surface area contributed by atoms with Gasteiger partial charge in [-0.15, -0.1) is 0 Å². The number of carboxylic acid groups (broad SMARTS) is 1. The van der Waals surface area contributed by atoms with Crippen molar-refractivity contribution in [3.05, 3.63) is 0 Å². The summed E-state index contributed by atoms with van der Waals surface area (Å²) in [4.78, 5) is 10.6. The fourth-order valence-electron chi connectivity index (χ4n) is 1.82. The molecule has 1 fully saturated rings. The summed E-state index contributed by atoms with van der Waals surface area (Å²) in [6, 6.07) is 0. The van der Waals surface area contributed by atoms with Crippen molar-refractivity contribution in [2.24, 2.45) is 0 Å². The van der Waals surface area contributed by atoms with Crippen molar-refractivity contribution >= 4 is 16.1 Å². The molecule has 0 aromatic carbocycles. The van der Waals surface area contributed by atoms with Crippen LogP contribution in [0.1, 0.15) is 38.5 Å². The number of hydrogen-bond donors (Lipinski definition) is 1. The molecule has 2 atom stereocenters. The molecular formula is C10H18O6S. The normalized spacial score (nSPS) is 27.1. The van der Waals surface area contributed by atoms with Gasteiger partial charge in [0.05, 0.1) is 18.8 Å². The maximum absolute atomic E-state index is 11.0. The Bertz CT molecular complexity index is 350. The van der Waals surface area contributed by atoms with E-state index in [1.54, 1.807) is 0 Å². The first kappa shape index (κ1) is 14.4. The average Bonchev–Trinajstić information content (AvgIpc) is 2.09. The molecule has 6 nitrogen and oxygen atoms in total. The van der Waals surface area contributed by atoms with Gasteiger partial charge in [0.1, 0.15) is 0 Å². The van der Waals surface area contributed by atoms with Gasteiger partial charge in [-0.05, 0) is 19.3 Å². The van der Waals surface area contributed by atoms with E-state index in [1.807, 2.05) is 0 Å². The van der Waals surface area contributed by atoms with Gasteiger partial charge in [0.2, 0.25) is 0 Å². The van der Waals surface area contributed by atoms with E-state index >= 15 is 0 Å². The van der Waals surface area contributed by atoms with Crippen molar-refractivity contribution in [3.8, 4) is 0 Å². The van der Waals surface area contributed by atoms with Crippen molar-refractivity contribution in [3.63, 3.8) is 0 Å². The molecule has 0 bridgehead atoms. The molecule has 1 saturated heterocycles. The Hall–Kier alpha value is -0.660. The lowest BCUT2D eigenvalue weighted by atomic mass is 10.0. The van der Waals surface area contributed by atoms with E-state index in [9.17, 15) is 13.2 Å². The Kier molecular flexibility index (Phi) is 5.35. The third kappa shape index (κ3) is 6.60. The van der Waals surface area contributed by atoms with E-state index in [2.05, 4.69) is 0 Å². The Morgan fingerprint density at radius 2 is 2.00 bits per heavy atom. The standard InChI is InChI=1S/C10H18O6S/c1-17(13,14)16-10-6-4-2-3-5-8(15-10)7-9(11)12/h8,10H,2-7H2,1H3,(H,11,12). The minimum absolute atomic E-state index is 0.121. The molecule has 0 amide bonds.